The van der Waals surface area contributed by atoms with Gasteiger partial charge in [-0.05, 0) is 75.6 Å². The van der Waals surface area contributed by atoms with Crippen molar-refractivity contribution in [3.05, 3.63) is 29.8 Å². The van der Waals surface area contributed by atoms with E-state index in [9.17, 15) is 0 Å². The van der Waals surface area contributed by atoms with Crippen molar-refractivity contribution in [2.24, 2.45) is 5.92 Å². The first-order valence-corrected chi connectivity index (χ1v) is 8.66. The molecule has 1 N–H and O–H groups in total. The van der Waals surface area contributed by atoms with Gasteiger partial charge in [-0.3, -0.25) is 0 Å². The van der Waals surface area contributed by atoms with E-state index in [1.54, 1.807) is 0 Å². The fourth-order valence-corrected chi connectivity index (χ4v) is 3.06. The van der Waals surface area contributed by atoms with Crippen LogP contribution in [0.4, 0.5) is 0 Å². The van der Waals surface area contributed by atoms with Crippen LogP contribution in [-0.2, 0) is 6.42 Å². The molecule has 0 radical (unpaired) electrons. The average molecular weight is 289 g/mol. The zero-order chi connectivity index (χ0) is 15.1. The highest BCUT2D eigenvalue weighted by Crippen LogP contribution is 2.27. The van der Waals surface area contributed by atoms with Crippen molar-refractivity contribution in [3.63, 3.8) is 0 Å². The molecular weight excluding hydrogens is 258 g/mol. The summed E-state index contributed by atoms with van der Waals surface area (Å²) in [6.07, 6.45) is 7.74. The van der Waals surface area contributed by atoms with E-state index < -0.39 is 0 Å². The summed E-state index contributed by atoms with van der Waals surface area (Å²) in [7, 11) is 0. The lowest BCUT2D eigenvalue weighted by atomic mass is 9.89. The zero-order valence-electron chi connectivity index (χ0n) is 13.9. The van der Waals surface area contributed by atoms with Crippen LogP contribution in [-0.4, -0.2) is 18.7 Å². The van der Waals surface area contributed by atoms with Gasteiger partial charge in [0.05, 0.1) is 6.10 Å². The van der Waals surface area contributed by atoms with Crippen molar-refractivity contribution in [1.29, 1.82) is 0 Å². The van der Waals surface area contributed by atoms with Crippen molar-refractivity contribution in [1.82, 2.24) is 5.32 Å². The normalized spacial score (nSPS) is 23.8. The highest BCUT2D eigenvalue weighted by Gasteiger charge is 2.19. The van der Waals surface area contributed by atoms with Crippen LogP contribution in [0, 0.1) is 5.92 Å². The third-order valence-corrected chi connectivity index (χ3v) is 4.47. The fourth-order valence-electron chi connectivity index (χ4n) is 3.06. The molecule has 1 aliphatic rings. The van der Waals surface area contributed by atoms with E-state index in [1.165, 1.54) is 37.7 Å². The van der Waals surface area contributed by atoms with Gasteiger partial charge in [-0.1, -0.05) is 26.0 Å². The van der Waals surface area contributed by atoms with Gasteiger partial charge < -0.3 is 10.1 Å². The summed E-state index contributed by atoms with van der Waals surface area (Å²) in [6, 6.07) is 9.24. The van der Waals surface area contributed by atoms with E-state index in [2.05, 4.69) is 50.4 Å². The predicted molar refractivity (Wildman–Crippen MR) is 89.9 cm³/mol. The van der Waals surface area contributed by atoms with Crippen LogP contribution in [0.25, 0.3) is 0 Å². The Bertz CT molecular complexity index is 393. The molecular formula is C19H31NO. The van der Waals surface area contributed by atoms with Gasteiger partial charge in [0.1, 0.15) is 5.75 Å². The molecule has 1 saturated carbocycles. The number of hydrogen-bond donors (Lipinski definition) is 1. The summed E-state index contributed by atoms with van der Waals surface area (Å²) in [6.45, 7) is 7.91. The van der Waals surface area contributed by atoms with Crippen LogP contribution >= 0.6 is 0 Å². The molecule has 1 aliphatic carbocycles. The standard InChI is InChI=1S/C19H31NO/c1-4-13-20-16(3)14-17-7-11-19(12-8-17)21-18-9-5-15(2)6-10-18/h7-8,11-12,15-16,18,20H,4-6,9-10,13-14H2,1-3H3. The summed E-state index contributed by atoms with van der Waals surface area (Å²) < 4.78 is 6.11. The molecule has 2 nitrogen and oxygen atoms in total. The lowest BCUT2D eigenvalue weighted by Gasteiger charge is -2.27. The average Bonchev–Trinajstić information content (AvgIpc) is 2.49. The molecule has 0 aromatic heterocycles. The Morgan fingerprint density at radius 1 is 1.14 bits per heavy atom. The summed E-state index contributed by atoms with van der Waals surface area (Å²) in [5.41, 5.74) is 1.38. The molecule has 2 heteroatoms. The first-order valence-electron chi connectivity index (χ1n) is 8.66. The minimum Gasteiger partial charge on any atom is -0.490 e. The largest absolute Gasteiger partial charge is 0.490 e. The molecule has 0 saturated heterocycles. The number of benzene rings is 1. The van der Waals surface area contributed by atoms with E-state index >= 15 is 0 Å². The van der Waals surface area contributed by atoms with Gasteiger partial charge in [0, 0.05) is 6.04 Å². The van der Waals surface area contributed by atoms with Crippen LogP contribution in [0.5, 0.6) is 5.75 Å². The van der Waals surface area contributed by atoms with E-state index in [0.29, 0.717) is 12.1 Å². The van der Waals surface area contributed by atoms with Gasteiger partial charge in [0.15, 0.2) is 0 Å². The molecule has 1 atom stereocenters. The maximum absolute atomic E-state index is 6.11. The van der Waals surface area contributed by atoms with Gasteiger partial charge >= 0.3 is 0 Å². The molecule has 1 aromatic carbocycles. The molecule has 21 heavy (non-hydrogen) atoms. The predicted octanol–water partition coefficient (Wildman–Crippen LogP) is 4.57. The van der Waals surface area contributed by atoms with Crippen molar-refractivity contribution in [2.45, 2.75) is 71.4 Å². The van der Waals surface area contributed by atoms with E-state index in [-0.39, 0.29) is 0 Å². The molecule has 0 heterocycles. The number of rotatable bonds is 7. The van der Waals surface area contributed by atoms with Crippen LogP contribution in [0.1, 0.15) is 58.4 Å². The molecule has 0 amide bonds. The molecule has 0 bridgehead atoms. The molecule has 0 aliphatic heterocycles. The SMILES string of the molecule is CCCNC(C)Cc1ccc(OC2CCC(C)CC2)cc1. The van der Waals surface area contributed by atoms with Gasteiger partial charge in [0.2, 0.25) is 0 Å². The Kier molecular flexibility index (Phi) is 6.56. The lowest BCUT2D eigenvalue weighted by molar-refractivity contribution is 0.135. The number of hydrogen-bond acceptors (Lipinski definition) is 2. The topological polar surface area (TPSA) is 21.3 Å². The molecule has 1 fully saturated rings. The Hall–Kier alpha value is -1.02. The van der Waals surface area contributed by atoms with Crippen LogP contribution < -0.4 is 10.1 Å². The smallest absolute Gasteiger partial charge is 0.119 e. The summed E-state index contributed by atoms with van der Waals surface area (Å²) in [5, 5.41) is 3.53. The van der Waals surface area contributed by atoms with Crippen molar-refractivity contribution >= 4 is 0 Å². The molecule has 0 spiro atoms. The maximum atomic E-state index is 6.11. The third kappa shape index (κ3) is 5.70. The van der Waals surface area contributed by atoms with Crippen molar-refractivity contribution < 1.29 is 4.74 Å². The van der Waals surface area contributed by atoms with Crippen LogP contribution in [0.15, 0.2) is 24.3 Å². The van der Waals surface area contributed by atoms with Crippen molar-refractivity contribution in [3.8, 4) is 5.75 Å². The van der Waals surface area contributed by atoms with E-state index in [4.69, 9.17) is 4.74 Å². The first-order chi connectivity index (χ1) is 10.2. The second kappa shape index (κ2) is 8.43. The van der Waals surface area contributed by atoms with E-state index in [0.717, 1.165) is 24.6 Å². The highest BCUT2D eigenvalue weighted by molar-refractivity contribution is 5.28. The molecule has 1 unspecified atom stereocenters. The second-order valence-corrected chi connectivity index (χ2v) is 6.70. The van der Waals surface area contributed by atoms with Gasteiger partial charge in [-0.25, -0.2) is 0 Å². The quantitative estimate of drug-likeness (QED) is 0.793. The van der Waals surface area contributed by atoms with E-state index in [1.807, 2.05) is 0 Å². The Labute approximate surface area is 130 Å². The number of ether oxygens (including phenoxy) is 1. The lowest BCUT2D eigenvalue weighted by Crippen LogP contribution is -2.28. The minimum atomic E-state index is 0.428. The Morgan fingerprint density at radius 2 is 1.81 bits per heavy atom. The Balaban J connectivity index is 1.78. The fraction of sp³-hybridized carbons (Fsp3) is 0.684. The summed E-state index contributed by atoms with van der Waals surface area (Å²) in [4.78, 5) is 0. The van der Waals surface area contributed by atoms with Gasteiger partial charge in [-0.15, -0.1) is 0 Å². The first kappa shape index (κ1) is 16.4. The van der Waals surface area contributed by atoms with Gasteiger partial charge in [0.25, 0.3) is 0 Å². The summed E-state index contributed by atoms with van der Waals surface area (Å²) in [5.74, 6) is 1.91. The highest BCUT2D eigenvalue weighted by atomic mass is 16.5. The Morgan fingerprint density at radius 3 is 2.43 bits per heavy atom. The van der Waals surface area contributed by atoms with Crippen LogP contribution in [0.3, 0.4) is 0 Å². The molecule has 2 rings (SSSR count). The van der Waals surface area contributed by atoms with Crippen molar-refractivity contribution in [2.75, 3.05) is 6.54 Å². The van der Waals surface area contributed by atoms with Gasteiger partial charge in [-0.2, -0.15) is 0 Å². The van der Waals surface area contributed by atoms with Crippen LogP contribution in [0.2, 0.25) is 0 Å². The third-order valence-electron chi connectivity index (χ3n) is 4.47. The second-order valence-electron chi connectivity index (χ2n) is 6.70. The number of nitrogens with one attached hydrogen (secondary N) is 1. The monoisotopic (exact) mass is 289 g/mol. The maximum Gasteiger partial charge on any atom is 0.119 e. The zero-order valence-corrected chi connectivity index (χ0v) is 13.9. The summed E-state index contributed by atoms with van der Waals surface area (Å²) >= 11 is 0. The minimum absolute atomic E-state index is 0.428. The molecule has 118 valence electrons. The molecule has 1 aromatic rings.